The van der Waals surface area contributed by atoms with Gasteiger partial charge in [-0.3, -0.25) is 14.5 Å². The number of carbonyl (C=O) groups is 3. The average molecular weight is 390 g/mol. The van der Waals surface area contributed by atoms with Crippen LogP contribution in [0.25, 0.3) is 0 Å². The molecule has 1 heterocycles. The number of nitrogens with one attached hydrogen (secondary N) is 1. The maximum atomic E-state index is 12.5. The van der Waals surface area contributed by atoms with E-state index in [1.165, 1.54) is 4.90 Å². The van der Waals surface area contributed by atoms with E-state index in [9.17, 15) is 14.4 Å². The number of benzene rings is 1. The molecule has 1 fully saturated rings. The van der Waals surface area contributed by atoms with Crippen molar-refractivity contribution in [2.45, 2.75) is 58.8 Å². The third kappa shape index (κ3) is 6.55. The minimum absolute atomic E-state index is 0.158. The van der Waals surface area contributed by atoms with Gasteiger partial charge in [-0.2, -0.15) is 0 Å². The highest BCUT2D eigenvalue weighted by molar-refractivity contribution is 5.86. The molecule has 154 valence electrons. The Labute approximate surface area is 166 Å². The van der Waals surface area contributed by atoms with E-state index in [-0.39, 0.29) is 25.0 Å². The molecule has 2 amide bonds. The predicted molar refractivity (Wildman–Crippen MR) is 104 cm³/mol. The van der Waals surface area contributed by atoms with Crippen molar-refractivity contribution in [3.05, 3.63) is 35.9 Å². The van der Waals surface area contributed by atoms with Crippen LogP contribution in [0.3, 0.4) is 0 Å². The van der Waals surface area contributed by atoms with E-state index in [2.05, 4.69) is 5.32 Å². The van der Waals surface area contributed by atoms with Crippen LogP contribution >= 0.6 is 0 Å². The van der Waals surface area contributed by atoms with Crippen LogP contribution in [0.15, 0.2) is 30.3 Å². The molecule has 2 rings (SSSR count). The second-order valence-electron chi connectivity index (χ2n) is 8.07. The van der Waals surface area contributed by atoms with E-state index in [4.69, 9.17) is 9.47 Å². The van der Waals surface area contributed by atoms with Gasteiger partial charge in [0.05, 0.1) is 5.92 Å². The van der Waals surface area contributed by atoms with Crippen molar-refractivity contribution >= 4 is 18.0 Å². The first kappa shape index (κ1) is 21.7. The molecular formula is C21H30N2O5. The van der Waals surface area contributed by atoms with E-state index >= 15 is 0 Å². The van der Waals surface area contributed by atoms with E-state index < -0.39 is 23.7 Å². The molecule has 7 nitrogen and oxygen atoms in total. The zero-order chi connectivity index (χ0) is 20.7. The van der Waals surface area contributed by atoms with Crippen LogP contribution in [-0.4, -0.2) is 47.6 Å². The quantitative estimate of drug-likeness (QED) is 0.755. The highest BCUT2D eigenvalue weighted by Gasteiger charge is 2.36. The summed E-state index contributed by atoms with van der Waals surface area (Å²) in [5, 5.41) is 2.76. The first-order valence-electron chi connectivity index (χ1n) is 9.65. The molecule has 1 aliphatic heterocycles. The fourth-order valence-electron chi connectivity index (χ4n) is 2.90. The zero-order valence-corrected chi connectivity index (χ0v) is 17.1. The van der Waals surface area contributed by atoms with Crippen molar-refractivity contribution < 1.29 is 23.9 Å². The van der Waals surface area contributed by atoms with Gasteiger partial charge in [0.15, 0.2) is 0 Å². The van der Waals surface area contributed by atoms with Gasteiger partial charge in [-0.1, -0.05) is 37.3 Å². The van der Waals surface area contributed by atoms with Gasteiger partial charge in [-0.25, -0.2) is 4.79 Å². The molecule has 0 aromatic heterocycles. The van der Waals surface area contributed by atoms with Crippen LogP contribution in [0.5, 0.6) is 0 Å². The molecule has 28 heavy (non-hydrogen) atoms. The molecule has 0 bridgehead atoms. The minimum Gasteiger partial charge on any atom is -0.461 e. The molecule has 7 heteroatoms. The van der Waals surface area contributed by atoms with Crippen LogP contribution in [0.2, 0.25) is 0 Å². The number of hydrogen-bond donors (Lipinski definition) is 1. The Hall–Kier alpha value is -2.57. The Morgan fingerprint density at radius 3 is 2.54 bits per heavy atom. The molecule has 0 saturated carbocycles. The lowest BCUT2D eigenvalue weighted by Gasteiger charge is -2.28. The Balaban J connectivity index is 1.79. The first-order valence-corrected chi connectivity index (χ1v) is 9.65. The summed E-state index contributed by atoms with van der Waals surface area (Å²) in [4.78, 5) is 38.4. The first-order chi connectivity index (χ1) is 13.2. The Bertz CT molecular complexity index is 684. The molecule has 1 saturated heterocycles. The zero-order valence-electron chi connectivity index (χ0n) is 17.1. The van der Waals surface area contributed by atoms with E-state index in [1.807, 2.05) is 30.3 Å². The van der Waals surface area contributed by atoms with E-state index in [0.29, 0.717) is 13.0 Å². The minimum atomic E-state index is -0.613. The second-order valence-corrected chi connectivity index (χ2v) is 8.07. The van der Waals surface area contributed by atoms with Gasteiger partial charge in [0.25, 0.3) is 0 Å². The Morgan fingerprint density at radius 1 is 1.21 bits per heavy atom. The van der Waals surface area contributed by atoms with Crippen molar-refractivity contribution in [2.75, 3.05) is 13.1 Å². The van der Waals surface area contributed by atoms with E-state index in [1.54, 1.807) is 27.7 Å². The van der Waals surface area contributed by atoms with Gasteiger partial charge in [0.1, 0.15) is 18.2 Å². The highest BCUT2D eigenvalue weighted by Crippen LogP contribution is 2.21. The number of amides is 2. The maximum Gasteiger partial charge on any atom is 0.410 e. The average Bonchev–Trinajstić information content (AvgIpc) is 3.13. The summed E-state index contributed by atoms with van der Waals surface area (Å²) in [6, 6.07) is 8.85. The maximum absolute atomic E-state index is 12.5. The Morgan fingerprint density at radius 2 is 1.89 bits per heavy atom. The van der Waals surface area contributed by atoms with Crippen LogP contribution in [0.4, 0.5) is 4.79 Å². The number of likely N-dealkylation sites (tertiary alicyclic amines) is 1. The third-order valence-corrected chi connectivity index (χ3v) is 4.39. The van der Waals surface area contributed by atoms with Crippen LogP contribution in [-0.2, 0) is 25.7 Å². The van der Waals surface area contributed by atoms with Gasteiger partial charge >= 0.3 is 12.1 Å². The lowest BCUT2D eigenvalue weighted by molar-refractivity contribution is -0.149. The van der Waals surface area contributed by atoms with Crippen molar-refractivity contribution in [2.24, 2.45) is 5.92 Å². The summed E-state index contributed by atoms with van der Waals surface area (Å²) < 4.78 is 10.7. The second kappa shape index (κ2) is 9.57. The lowest BCUT2D eigenvalue weighted by Crippen LogP contribution is -2.48. The summed E-state index contributed by atoms with van der Waals surface area (Å²) in [5.74, 6) is -1.13. The lowest BCUT2D eigenvalue weighted by atomic mass is 10.1. The summed E-state index contributed by atoms with van der Waals surface area (Å²) in [6.45, 7) is 7.92. The molecule has 0 aliphatic carbocycles. The molecule has 1 aliphatic rings. The number of rotatable bonds is 6. The van der Waals surface area contributed by atoms with Crippen molar-refractivity contribution in [1.29, 1.82) is 0 Å². The molecule has 0 radical (unpaired) electrons. The summed E-state index contributed by atoms with van der Waals surface area (Å²) in [7, 11) is 0. The Kier molecular flexibility index (Phi) is 7.43. The van der Waals surface area contributed by atoms with Crippen molar-refractivity contribution in [1.82, 2.24) is 10.2 Å². The van der Waals surface area contributed by atoms with Crippen LogP contribution in [0, 0.1) is 5.92 Å². The van der Waals surface area contributed by atoms with Gasteiger partial charge in [0, 0.05) is 13.1 Å². The number of nitrogens with zero attached hydrogens (tertiary/aromatic N) is 1. The molecule has 1 aromatic rings. The van der Waals surface area contributed by atoms with Crippen LogP contribution in [0.1, 0.15) is 46.1 Å². The molecule has 0 unspecified atom stereocenters. The highest BCUT2D eigenvalue weighted by atomic mass is 16.6. The van der Waals surface area contributed by atoms with Gasteiger partial charge in [-0.15, -0.1) is 0 Å². The number of hydrogen-bond acceptors (Lipinski definition) is 5. The molecule has 1 aromatic carbocycles. The monoisotopic (exact) mass is 390 g/mol. The molecule has 2 atom stereocenters. The van der Waals surface area contributed by atoms with Crippen LogP contribution < -0.4 is 5.32 Å². The van der Waals surface area contributed by atoms with E-state index in [0.717, 1.165) is 12.0 Å². The van der Waals surface area contributed by atoms with Crippen molar-refractivity contribution in [3.63, 3.8) is 0 Å². The summed E-state index contributed by atoms with van der Waals surface area (Å²) >= 11 is 0. The topological polar surface area (TPSA) is 84.9 Å². The fourth-order valence-corrected chi connectivity index (χ4v) is 2.90. The fraction of sp³-hybridized carbons (Fsp3) is 0.571. The SMILES string of the molecule is C[C@H](CNC(=O)[C@@H]1CCCN1C(=O)OC(C)(C)C)C(=O)OCc1ccccc1. The third-order valence-electron chi connectivity index (χ3n) is 4.39. The van der Waals surface area contributed by atoms with Crippen molar-refractivity contribution in [3.8, 4) is 0 Å². The predicted octanol–water partition coefficient (Wildman–Crippen LogP) is 2.88. The number of esters is 1. The summed E-state index contributed by atoms with van der Waals surface area (Å²) in [6.07, 6.45) is 0.838. The molecule has 0 spiro atoms. The van der Waals surface area contributed by atoms with Gasteiger partial charge in [0.2, 0.25) is 5.91 Å². The molecule has 1 N–H and O–H groups in total. The normalized spacial score (nSPS) is 17.7. The summed E-state index contributed by atoms with van der Waals surface area (Å²) in [5.41, 5.74) is 0.295. The number of carbonyl (C=O) groups excluding carboxylic acids is 3. The van der Waals surface area contributed by atoms with Gasteiger partial charge in [-0.05, 0) is 39.2 Å². The van der Waals surface area contributed by atoms with Gasteiger partial charge < -0.3 is 14.8 Å². The molecular weight excluding hydrogens is 360 g/mol. The largest absolute Gasteiger partial charge is 0.461 e. The standard InChI is InChI=1S/C21H30N2O5/c1-15(19(25)27-14-16-9-6-5-7-10-16)13-22-18(24)17-11-8-12-23(17)20(26)28-21(2,3)4/h5-7,9-10,15,17H,8,11-14H2,1-4H3,(H,22,24)/t15-,17+/m1/s1. The number of ether oxygens (including phenoxy) is 2. The smallest absolute Gasteiger partial charge is 0.410 e.